The summed E-state index contributed by atoms with van der Waals surface area (Å²) >= 11 is 6.58. The molecule has 0 saturated heterocycles. The third-order valence-electron chi connectivity index (χ3n) is 1.66. The molecule has 0 radical (unpaired) electrons. The van der Waals surface area contributed by atoms with E-state index in [-0.39, 0.29) is 31.1 Å². The fourth-order valence-electron chi connectivity index (χ4n) is 0.832. The quantitative estimate of drug-likeness (QED) is 0.383. The Morgan fingerprint density at radius 2 is 1.33 bits per heavy atom. The number of alkyl halides is 3. The molecule has 1 atom stereocenters. The lowest BCUT2D eigenvalue weighted by atomic mass is 9.97. The number of rotatable bonds is 5. The number of aliphatic hydroxyl groups is 3. The van der Waals surface area contributed by atoms with Crippen LogP contribution in [0.2, 0.25) is 0 Å². The van der Waals surface area contributed by atoms with Crippen molar-refractivity contribution in [2.24, 2.45) is 11.8 Å². The third kappa shape index (κ3) is 4.53. The minimum Gasteiger partial charge on any atom is -0.396 e. The molecular weight excluding hydrogens is 501 g/mol. The van der Waals surface area contributed by atoms with Crippen molar-refractivity contribution in [1.82, 2.24) is 0 Å². The zero-order chi connectivity index (χ0) is 9.78. The molecule has 0 aromatic carbocycles. The molecule has 0 aliphatic rings. The summed E-state index contributed by atoms with van der Waals surface area (Å²) in [5, 5.41) is 26.9. The van der Waals surface area contributed by atoms with Crippen molar-refractivity contribution in [3.05, 3.63) is 0 Å². The SMILES string of the molecule is OCC(CO)C(CO)C(I)(I)I. The second-order valence-electron chi connectivity index (χ2n) is 2.46. The van der Waals surface area contributed by atoms with E-state index in [1.807, 2.05) is 0 Å². The minimum atomic E-state index is -0.235. The van der Waals surface area contributed by atoms with Gasteiger partial charge in [0.1, 0.15) is -0.565 Å². The predicted octanol–water partition coefficient (Wildman–Crippen LogP) is 1.15. The van der Waals surface area contributed by atoms with Gasteiger partial charge in [-0.05, 0) is 0 Å². The summed E-state index contributed by atoms with van der Waals surface area (Å²) in [7, 11) is 0. The van der Waals surface area contributed by atoms with Gasteiger partial charge in [0, 0.05) is 31.7 Å². The number of aliphatic hydroxyl groups excluding tert-OH is 3. The normalized spacial score (nSPS) is 15.2. The lowest BCUT2D eigenvalue weighted by Crippen LogP contribution is -2.33. The Balaban J connectivity index is 4.31. The van der Waals surface area contributed by atoms with E-state index < -0.39 is 0 Å². The Bertz CT molecular complexity index is 122. The van der Waals surface area contributed by atoms with Crippen LogP contribution in [0, 0.1) is 11.8 Å². The van der Waals surface area contributed by atoms with Gasteiger partial charge in [-0.25, -0.2) is 0 Å². The van der Waals surface area contributed by atoms with Crippen molar-refractivity contribution in [3.63, 3.8) is 0 Å². The van der Waals surface area contributed by atoms with Crippen LogP contribution in [0.4, 0.5) is 0 Å². The van der Waals surface area contributed by atoms with Crippen molar-refractivity contribution in [3.8, 4) is 0 Å². The smallest absolute Gasteiger partial charge is 0.129 e. The van der Waals surface area contributed by atoms with Gasteiger partial charge in [-0.2, -0.15) is 0 Å². The van der Waals surface area contributed by atoms with Gasteiger partial charge in [-0.15, -0.1) is 0 Å². The molecule has 0 rings (SSSR count). The molecule has 0 aromatic heterocycles. The fraction of sp³-hybridized carbons (Fsp3) is 1.00. The second kappa shape index (κ2) is 6.53. The van der Waals surface area contributed by atoms with E-state index in [1.54, 1.807) is 0 Å². The first kappa shape index (κ1) is 14.1. The highest BCUT2D eigenvalue weighted by Gasteiger charge is 2.35. The Labute approximate surface area is 113 Å². The molecule has 1 unspecified atom stereocenters. The first-order chi connectivity index (χ1) is 5.47. The van der Waals surface area contributed by atoms with Crippen LogP contribution in [0.25, 0.3) is 0 Å². The summed E-state index contributed by atoms with van der Waals surface area (Å²) in [4.78, 5) is 0. The maximum atomic E-state index is 9.06. The van der Waals surface area contributed by atoms with Crippen LogP contribution in [0.1, 0.15) is 0 Å². The van der Waals surface area contributed by atoms with E-state index in [2.05, 4.69) is 67.8 Å². The van der Waals surface area contributed by atoms with E-state index in [1.165, 1.54) is 0 Å². The largest absolute Gasteiger partial charge is 0.396 e. The minimum absolute atomic E-state index is 0.0133. The van der Waals surface area contributed by atoms with Crippen LogP contribution in [0.5, 0.6) is 0 Å². The van der Waals surface area contributed by atoms with E-state index >= 15 is 0 Å². The summed E-state index contributed by atoms with van der Waals surface area (Å²) in [6.07, 6.45) is 0. The average Bonchev–Trinajstić information content (AvgIpc) is 1.97. The first-order valence-corrected chi connectivity index (χ1v) is 6.60. The van der Waals surface area contributed by atoms with Gasteiger partial charge in [0.25, 0.3) is 0 Å². The number of halogens is 3. The predicted molar refractivity (Wildman–Crippen MR) is 73.0 cm³/mol. The molecular formula is C6H11I3O3. The highest BCUT2D eigenvalue weighted by molar-refractivity contribution is 14.3. The van der Waals surface area contributed by atoms with Crippen LogP contribution >= 0.6 is 67.8 Å². The van der Waals surface area contributed by atoms with E-state index in [9.17, 15) is 0 Å². The molecule has 3 nitrogen and oxygen atoms in total. The van der Waals surface area contributed by atoms with Gasteiger partial charge < -0.3 is 15.3 Å². The number of hydrogen-bond acceptors (Lipinski definition) is 3. The van der Waals surface area contributed by atoms with Crippen molar-refractivity contribution in [2.45, 2.75) is -0.565 Å². The van der Waals surface area contributed by atoms with Crippen molar-refractivity contribution >= 4 is 67.8 Å². The van der Waals surface area contributed by atoms with Crippen LogP contribution in [-0.2, 0) is 0 Å². The number of hydrogen-bond donors (Lipinski definition) is 3. The van der Waals surface area contributed by atoms with Crippen molar-refractivity contribution < 1.29 is 15.3 Å². The molecule has 0 heterocycles. The average molecular weight is 512 g/mol. The summed E-state index contributed by atoms with van der Waals surface area (Å²) in [6.45, 7) is -0.183. The summed E-state index contributed by atoms with van der Waals surface area (Å²) in [5.41, 5.74) is 0. The highest BCUT2D eigenvalue weighted by Crippen LogP contribution is 2.45. The van der Waals surface area contributed by atoms with E-state index in [0.717, 1.165) is 0 Å². The zero-order valence-electron chi connectivity index (χ0n) is 6.25. The van der Waals surface area contributed by atoms with Crippen molar-refractivity contribution in [1.29, 1.82) is 0 Å². The molecule has 0 aliphatic heterocycles. The van der Waals surface area contributed by atoms with Gasteiger partial charge in [0.2, 0.25) is 0 Å². The van der Waals surface area contributed by atoms with Crippen LogP contribution in [-0.4, -0.2) is 34.6 Å². The zero-order valence-corrected chi connectivity index (χ0v) is 12.7. The van der Waals surface area contributed by atoms with Crippen LogP contribution in [0.3, 0.4) is 0 Å². The standard InChI is InChI=1S/C6H11I3O3/c7-6(8,9)5(3-12)4(1-10)2-11/h4-5,10-12H,1-3H2. The van der Waals surface area contributed by atoms with Crippen LogP contribution in [0.15, 0.2) is 0 Å². The lowest BCUT2D eigenvalue weighted by Gasteiger charge is -2.29. The van der Waals surface area contributed by atoms with E-state index in [0.29, 0.717) is 0 Å². The summed E-state index contributed by atoms with van der Waals surface area (Å²) in [5.74, 6) is -0.324. The molecule has 0 aliphatic carbocycles. The molecule has 0 bridgehead atoms. The first-order valence-electron chi connectivity index (χ1n) is 3.36. The lowest BCUT2D eigenvalue weighted by molar-refractivity contribution is 0.0820. The van der Waals surface area contributed by atoms with Gasteiger partial charge in [-0.3, -0.25) is 0 Å². The molecule has 0 aromatic rings. The monoisotopic (exact) mass is 512 g/mol. The molecule has 0 amide bonds. The molecule has 0 fully saturated rings. The summed E-state index contributed by atoms with van der Waals surface area (Å²) < 4.78 is -0.168. The Hall–Kier alpha value is 2.07. The van der Waals surface area contributed by atoms with Gasteiger partial charge in [0.05, 0.1) is 0 Å². The summed E-state index contributed by atoms with van der Waals surface area (Å²) in [6, 6.07) is 0. The van der Waals surface area contributed by atoms with Crippen LogP contribution < -0.4 is 0 Å². The van der Waals surface area contributed by atoms with E-state index in [4.69, 9.17) is 15.3 Å². The van der Waals surface area contributed by atoms with Gasteiger partial charge in [-0.1, -0.05) is 67.8 Å². The molecule has 12 heavy (non-hydrogen) atoms. The second-order valence-corrected chi connectivity index (χ2v) is 13.8. The molecule has 74 valence electrons. The molecule has 6 heteroatoms. The van der Waals surface area contributed by atoms with Crippen molar-refractivity contribution in [2.75, 3.05) is 19.8 Å². The van der Waals surface area contributed by atoms with Gasteiger partial charge in [0.15, 0.2) is 0 Å². The molecule has 0 spiro atoms. The maximum Gasteiger partial charge on any atom is 0.129 e. The topological polar surface area (TPSA) is 60.7 Å². The highest BCUT2D eigenvalue weighted by atomic mass is 127. The Morgan fingerprint density at radius 3 is 1.42 bits per heavy atom. The third-order valence-corrected chi connectivity index (χ3v) is 4.06. The Morgan fingerprint density at radius 1 is 0.917 bits per heavy atom. The fourth-order valence-corrected chi connectivity index (χ4v) is 2.95. The van der Waals surface area contributed by atoms with Gasteiger partial charge >= 0.3 is 0 Å². The molecule has 0 saturated carbocycles. The maximum absolute atomic E-state index is 9.06. The Kier molecular flexibility index (Phi) is 7.66. The molecule has 3 N–H and O–H groups in total.